The van der Waals surface area contributed by atoms with Gasteiger partial charge in [0.05, 0.1) is 5.02 Å². The van der Waals surface area contributed by atoms with E-state index in [4.69, 9.17) is 11.6 Å². The standard InChI is InChI=1S/C13H15ClN2S/c1-9-7-17-8-11(9)13(15-2)5-10-3-4-16-6-12(10)14/h3-4,6-8,13,15H,5H2,1-2H3. The number of halogens is 1. The summed E-state index contributed by atoms with van der Waals surface area (Å²) in [5, 5.41) is 8.46. The van der Waals surface area contributed by atoms with Crippen molar-refractivity contribution in [1.29, 1.82) is 0 Å². The number of aryl methyl sites for hydroxylation is 1. The lowest BCUT2D eigenvalue weighted by atomic mass is 9.99. The fourth-order valence-corrected chi connectivity index (χ4v) is 2.99. The lowest BCUT2D eigenvalue weighted by Crippen LogP contribution is -2.19. The third kappa shape index (κ3) is 2.86. The van der Waals surface area contributed by atoms with Gasteiger partial charge in [0, 0.05) is 18.4 Å². The van der Waals surface area contributed by atoms with E-state index in [0.29, 0.717) is 6.04 Å². The summed E-state index contributed by atoms with van der Waals surface area (Å²) in [7, 11) is 1.98. The van der Waals surface area contributed by atoms with E-state index in [9.17, 15) is 0 Å². The van der Waals surface area contributed by atoms with Crippen molar-refractivity contribution < 1.29 is 0 Å². The molecule has 0 fully saturated rings. The molecule has 0 saturated heterocycles. The maximum Gasteiger partial charge on any atom is 0.0622 e. The number of hydrogen-bond acceptors (Lipinski definition) is 3. The summed E-state index contributed by atoms with van der Waals surface area (Å²) in [5.74, 6) is 0. The van der Waals surface area contributed by atoms with Crippen molar-refractivity contribution in [2.45, 2.75) is 19.4 Å². The minimum atomic E-state index is 0.307. The Bertz CT molecular complexity index is 496. The molecule has 1 unspecified atom stereocenters. The Kier molecular flexibility index (Phi) is 4.15. The zero-order valence-electron chi connectivity index (χ0n) is 9.90. The average Bonchev–Trinajstić information content (AvgIpc) is 2.75. The molecule has 2 nitrogen and oxygen atoms in total. The van der Waals surface area contributed by atoms with Crippen LogP contribution in [0.25, 0.3) is 0 Å². The van der Waals surface area contributed by atoms with E-state index in [1.807, 2.05) is 13.1 Å². The van der Waals surface area contributed by atoms with Gasteiger partial charge in [-0.25, -0.2) is 0 Å². The van der Waals surface area contributed by atoms with Gasteiger partial charge in [0.25, 0.3) is 0 Å². The van der Waals surface area contributed by atoms with Crippen molar-refractivity contribution in [2.24, 2.45) is 0 Å². The summed E-state index contributed by atoms with van der Waals surface area (Å²) < 4.78 is 0. The summed E-state index contributed by atoms with van der Waals surface area (Å²) in [6.45, 7) is 2.14. The lowest BCUT2D eigenvalue weighted by molar-refractivity contribution is 0.591. The van der Waals surface area contributed by atoms with Crippen molar-refractivity contribution in [1.82, 2.24) is 10.3 Å². The minimum absolute atomic E-state index is 0.307. The molecule has 90 valence electrons. The first kappa shape index (κ1) is 12.6. The molecule has 0 spiro atoms. The van der Waals surface area contributed by atoms with Crippen LogP contribution in [0.5, 0.6) is 0 Å². The fourth-order valence-electron chi connectivity index (χ4n) is 1.88. The SMILES string of the molecule is CNC(Cc1ccncc1Cl)c1cscc1C. The van der Waals surface area contributed by atoms with Gasteiger partial charge in [-0.2, -0.15) is 11.3 Å². The third-order valence-corrected chi connectivity index (χ3v) is 4.12. The van der Waals surface area contributed by atoms with Crippen molar-refractivity contribution in [2.75, 3.05) is 7.05 Å². The highest BCUT2D eigenvalue weighted by Gasteiger charge is 2.14. The van der Waals surface area contributed by atoms with Crippen LogP contribution in [-0.4, -0.2) is 12.0 Å². The first-order chi connectivity index (χ1) is 8.22. The molecule has 2 heterocycles. The summed E-state index contributed by atoms with van der Waals surface area (Å²) in [5.41, 5.74) is 3.82. The van der Waals surface area contributed by atoms with Crippen LogP contribution >= 0.6 is 22.9 Å². The molecule has 1 atom stereocenters. The number of pyridine rings is 1. The van der Waals surface area contributed by atoms with Crippen LogP contribution < -0.4 is 5.32 Å². The predicted octanol–water partition coefficient (Wildman–Crippen LogP) is 3.61. The lowest BCUT2D eigenvalue weighted by Gasteiger charge is -2.17. The van der Waals surface area contributed by atoms with Crippen LogP contribution in [0.2, 0.25) is 5.02 Å². The molecule has 0 bridgehead atoms. The van der Waals surface area contributed by atoms with E-state index < -0.39 is 0 Å². The molecular weight excluding hydrogens is 252 g/mol. The van der Waals surface area contributed by atoms with Gasteiger partial charge >= 0.3 is 0 Å². The van der Waals surface area contributed by atoms with Crippen LogP contribution in [0.15, 0.2) is 29.2 Å². The number of likely N-dealkylation sites (N-methyl/N-ethyl adjacent to an activating group) is 1. The first-order valence-corrected chi connectivity index (χ1v) is 6.82. The van der Waals surface area contributed by atoms with Crippen LogP contribution in [0.3, 0.4) is 0 Å². The number of nitrogens with zero attached hydrogens (tertiary/aromatic N) is 1. The zero-order valence-corrected chi connectivity index (χ0v) is 11.5. The first-order valence-electron chi connectivity index (χ1n) is 5.50. The van der Waals surface area contributed by atoms with Crippen LogP contribution in [0.4, 0.5) is 0 Å². The Hall–Kier alpha value is -0.900. The summed E-state index contributed by atoms with van der Waals surface area (Å²) in [4.78, 5) is 4.01. The van der Waals surface area contributed by atoms with Crippen molar-refractivity contribution in [3.8, 4) is 0 Å². The smallest absolute Gasteiger partial charge is 0.0622 e. The maximum absolute atomic E-state index is 6.14. The average molecular weight is 267 g/mol. The molecule has 4 heteroatoms. The van der Waals surface area contributed by atoms with E-state index in [-0.39, 0.29) is 0 Å². The Balaban J connectivity index is 2.22. The Labute approximate surface area is 111 Å². The van der Waals surface area contributed by atoms with E-state index >= 15 is 0 Å². The van der Waals surface area contributed by atoms with E-state index in [0.717, 1.165) is 17.0 Å². The molecule has 2 rings (SSSR count). The van der Waals surface area contributed by atoms with Crippen molar-refractivity contribution in [3.63, 3.8) is 0 Å². The van der Waals surface area contributed by atoms with Gasteiger partial charge in [-0.1, -0.05) is 11.6 Å². The molecule has 0 aliphatic carbocycles. The second kappa shape index (κ2) is 5.63. The Morgan fingerprint density at radius 3 is 2.88 bits per heavy atom. The number of aromatic nitrogens is 1. The van der Waals surface area contributed by atoms with Crippen LogP contribution in [0.1, 0.15) is 22.7 Å². The van der Waals surface area contributed by atoms with Gasteiger partial charge < -0.3 is 5.32 Å². The number of thiophene rings is 1. The van der Waals surface area contributed by atoms with Gasteiger partial charge in [-0.15, -0.1) is 0 Å². The van der Waals surface area contributed by atoms with Crippen LogP contribution in [0, 0.1) is 6.92 Å². The molecule has 0 aliphatic heterocycles. The van der Waals surface area contributed by atoms with Gasteiger partial charge in [-0.3, -0.25) is 4.98 Å². The summed E-state index contributed by atoms with van der Waals surface area (Å²) in [6.07, 6.45) is 4.37. The molecular formula is C13H15ClN2S. The van der Waals surface area contributed by atoms with E-state index in [2.05, 4.69) is 28.0 Å². The zero-order chi connectivity index (χ0) is 12.3. The van der Waals surface area contributed by atoms with Crippen molar-refractivity contribution in [3.05, 3.63) is 50.9 Å². The highest BCUT2D eigenvalue weighted by Crippen LogP contribution is 2.26. The molecule has 0 aliphatic rings. The molecule has 0 saturated carbocycles. The number of hydrogen-bond donors (Lipinski definition) is 1. The monoisotopic (exact) mass is 266 g/mol. The summed E-state index contributed by atoms with van der Waals surface area (Å²) in [6, 6.07) is 2.29. The van der Waals surface area contributed by atoms with E-state index in [1.54, 1.807) is 23.7 Å². The normalized spacial score (nSPS) is 12.6. The van der Waals surface area contributed by atoms with Gasteiger partial charge in [0.15, 0.2) is 0 Å². The predicted molar refractivity (Wildman–Crippen MR) is 73.8 cm³/mol. The third-order valence-electron chi connectivity index (χ3n) is 2.90. The fraction of sp³-hybridized carbons (Fsp3) is 0.308. The molecule has 0 aromatic carbocycles. The largest absolute Gasteiger partial charge is 0.313 e. The molecule has 17 heavy (non-hydrogen) atoms. The highest BCUT2D eigenvalue weighted by atomic mass is 35.5. The van der Waals surface area contributed by atoms with Crippen LogP contribution in [-0.2, 0) is 6.42 Å². The number of nitrogens with one attached hydrogen (secondary N) is 1. The molecule has 0 radical (unpaired) electrons. The molecule has 2 aromatic heterocycles. The highest BCUT2D eigenvalue weighted by molar-refractivity contribution is 7.08. The number of rotatable bonds is 4. The second-order valence-corrected chi connectivity index (χ2v) is 5.17. The van der Waals surface area contributed by atoms with E-state index in [1.165, 1.54) is 11.1 Å². The van der Waals surface area contributed by atoms with Gasteiger partial charge in [0.1, 0.15) is 0 Å². The minimum Gasteiger partial charge on any atom is -0.313 e. The molecule has 0 amide bonds. The maximum atomic E-state index is 6.14. The Morgan fingerprint density at radius 2 is 2.29 bits per heavy atom. The topological polar surface area (TPSA) is 24.9 Å². The quantitative estimate of drug-likeness (QED) is 0.915. The molecule has 2 aromatic rings. The second-order valence-electron chi connectivity index (χ2n) is 4.02. The van der Waals surface area contributed by atoms with Gasteiger partial charge in [0.2, 0.25) is 0 Å². The van der Waals surface area contributed by atoms with Crippen molar-refractivity contribution >= 4 is 22.9 Å². The molecule has 1 N–H and O–H groups in total. The summed E-state index contributed by atoms with van der Waals surface area (Å²) >= 11 is 7.88. The van der Waals surface area contributed by atoms with Gasteiger partial charge in [-0.05, 0) is 53.9 Å². The Morgan fingerprint density at radius 1 is 1.47 bits per heavy atom.